The Morgan fingerprint density at radius 1 is 1.24 bits per heavy atom. The Balaban J connectivity index is 2.92. The summed E-state index contributed by atoms with van der Waals surface area (Å²) in [7, 11) is 1.56. The first-order chi connectivity index (χ1) is 10.0. The van der Waals surface area contributed by atoms with Crippen molar-refractivity contribution in [2.75, 3.05) is 7.11 Å². The number of aliphatic carboxylic acids is 1. The molecule has 0 aliphatic heterocycles. The standard InChI is InChI=1S/C16H21NO4/c1-4-12(5-2)15(18)17-14(16(19)20)10-11-6-8-13(21-3)9-7-11/h6-10,12H,4-5H2,1-3H3,(H,17,18)(H,19,20)/b14-10-. The summed E-state index contributed by atoms with van der Waals surface area (Å²) in [5.41, 5.74) is 0.551. The predicted octanol–water partition coefficient (Wildman–Crippen LogP) is 2.67. The van der Waals surface area contributed by atoms with Gasteiger partial charge < -0.3 is 15.2 Å². The van der Waals surface area contributed by atoms with Crippen molar-refractivity contribution in [1.29, 1.82) is 0 Å². The van der Waals surface area contributed by atoms with Crippen molar-refractivity contribution in [3.05, 3.63) is 35.5 Å². The van der Waals surface area contributed by atoms with E-state index in [-0.39, 0.29) is 17.5 Å². The molecule has 0 heterocycles. The minimum absolute atomic E-state index is 0.128. The van der Waals surface area contributed by atoms with Crippen LogP contribution < -0.4 is 10.1 Å². The molecule has 0 saturated heterocycles. The number of carbonyl (C=O) groups excluding carboxylic acids is 1. The highest BCUT2D eigenvalue weighted by Crippen LogP contribution is 2.14. The van der Waals surface area contributed by atoms with Crippen LogP contribution in [0.3, 0.4) is 0 Å². The maximum Gasteiger partial charge on any atom is 0.352 e. The maximum absolute atomic E-state index is 12.0. The average molecular weight is 291 g/mol. The van der Waals surface area contributed by atoms with Crippen LogP contribution >= 0.6 is 0 Å². The molecule has 1 rings (SSSR count). The molecule has 0 aromatic heterocycles. The second-order valence-electron chi connectivity index (χ2n) is 4.64. The van der Waals surface area contributed by atoms with Crippen molar-refractivity contribution < 1.29 is 19.4 Å². The molecule has 1 aromatic rings. The normalized spacial score (nSPS) is 11.3. The molecule has 1 amide bonds. The van der Waals surface area contributed by atoms with Crippen LogP contribution in [-0.2, 0) is 9.59 Å². The molecule has 0 aliphatic carbocycles. The van der Waals surface area contributed by atoms with E-state index in [1.807, 2.05) is 13.8 Å². The van der Waals surface area contributed by atoms with E-state index in [2.05, 4.69) is 5.32 Å². The summed E-state index contributed by atoms with van der Waals surface area (Å²) in [6.07, 6.45) is 2.79. The molecule has 2 N–H and O–H groups in total. The fourth-order valence-corrected chi connectivity index (χ4v) is 1.91. The highest BCUT2D eigenvalue weighted by molar-refractivity contribution is 5.97. The van der Waals surface area contributed by atoms with Crippen LogP contribution in [0.5, 0.6) is 5.75 Å². The van der Waals surface area contributed by atoms with Crippen molar-refractivity contribution in [2.45, 2.75) is 26.7 Å². The smallest absolute Gasteiger partial charge is 0.352 e. The lowest BCUT2D eigenvalue weighted by molar-refractivity contribution is -0.135. The molecule has 0 bridgehead atoms. The summed E-state index contributed by atoms with van der Waals surface area (Å²) in [5.74, 6) is -0.916. The van der Waals surface area contributed by atoms with E-state index in [4.69, 9.17) is 4.74 Å². The topological polar surface area (TPSA) is 75.6 Å². The molecular weight excluding hydrogens is 270 g/mol. The van der Waals surface area contributed by atoms with E-state index in [9.17, 15) is 14.7 Å². The molecule has 0 radical (unpaired) electrons. The van der Waals surface area contributed by atoms with Gasteiger partial charge in [0.25, 0.3) is 0 Å². The zero-order chi connectivity index (χ0) is 15.8. The van der Waals surface area contributed by atoms with E-state index < -0.39 is 5.97 Å². The van der Waals surface area contributed by atoms with Crippen molar-refractivity contribution in [2.24, 2.45) is 5.92 Å². The number of hydrogen-bond donors (Lipinski definition) is 2. The van der Waals surface area contributed by atoms with Crippen molar-refractivity contribution in [3.63, 3.8) is 0 Å². The van der Waals surface area contributed by atoms with Crippen LogP contribution in [0.1, 0.15) is 32.3 Å². The first kappa shape index (κ1) is 16.8. The highest BCUT2D eigenvalue weighted by atomic mass is 16.5. The Kier molecular flexibility index (Phi) is 6.46. The molecule has 1 aromatic carbocycles. The summed E-state index contributed by atoms with van der Waals surface area (Å²) in [6.45, 7) is 3.81. The fraction of sp³-hybridized carbons (Fsp3) is 0.375. The van der Waals surface area contributed by atoms with Gasteiger partial charge in [-0.2, -0.15) is 0 Å². The molecule has 0 fully saturated rings. The number of ether oxygens (including phenoxy) is 1. The molecule has 114 valence electrons. The van der Waals surface area contributed by atoms with E-state index in [1.54, 1.807) is 31.4 Å². The van der Waals surface area contributed by atoms with Gasteiger partial charge in [0.15, 0.2) is 0 Å². The lowest BCUT2D eigenvalue weighted by Gasteiger charge is -2.13. The number of hydrogen-bond acceptors (Lipinski definition) is 3. The second-order valence-corrected chi connectivity index (χ2v) is 4.64. The SMILES string of the molecule is CCC(CC)C(=O)N/C(=C\c1ccc(OC)cc1)C(=O)O. The fourth-order valence-electron chi connectivity index (χ4n) is 1.91. The van der Waals surface area contributed by atoms with Crippen molar-refractivity contribution in [3.8, 4) is 5.75 Å². The van der Waals surface area contributed by atoms with Gasteiger partial charge in [-0.3, -0.25) is 4.79 Å². The monoisotopic (exact) mass is 291 g/mol. The second kappa shape index (κ2) is 8.09. The van der Waals surface area contributed by atoms with E-state index in [1.165, 1.54) is 6.08 Å². The Bertz CT molecular complexity index is 516. The third-order valence-electron chi connectivity index (χ3n) is 3.27. The highest BCUT2D eigenvalue weighted by Gasteiger charge is 2.18. The Morgan fingerprint density at radius 2 is 1.81 bits per heavy atom. The summed E-state index contributed by atoms with van der Waals surface area (Å²) in [4.78, 5) is 23.2. The molecule has 0 spiro atoms. The molecule has 0 aliphatic rings. The number of benzene rings is 1. The molecule has 5 nitrogen and oxygen atoms in total. The zero-order valence-electron chi connectivity index (χ0n) is 12.6. The average Bonchev–Trinajstić information content (AvgIpc) is 2.48. The van der Waals surface area contributed by atoms with Gasteiger partial charge in [0.2, 0.25) is 5.91 Å². The summed E-state index contributed by atoms with van der Waals surface area (Å²) >= 11 is 0. The quantitative estimate of drug-likeness (QED) is 0.757. The van der Waals surface area contributed by atoms with E-state index in [0.717, 1.165) is 0 Å². The Morgan fingerprint density at radius 3 is 2.24 bits per heavy atom. The number of carboxylic acids is 1. The van der Waals surface area contributed by atoms with Gasteiger partial charge in [0.1, 0.15) is 11.4 Å². The summed E-state index contributed by atoms with van der Waals surface area (Å²) in [5, 5.41) is 11.7. The van der Waals surface area contributed by atoms with E-state index >= 15 is 0 Å². The van der Waals surface area contributed by atoms with Crippen LogP contribution in [0.4, 0.5) is 0 Å². The molecular formula is C16H21NO4. The van der Waals surface area contributed by atoms with Crippen LogP contribution in [0.15, 0.2) is 30.0 Å². The third kappa shape index (κ3) is 4.95. The van der Waals surface area contributed by atoms with Crippen molar-refractivity contribution >= 4 is 18.0 Å². The van der Waals surface area contributed by atoms with Gasteiger partial charge in [0.05, 0.1) is 7.11 Å². The van der Waals surface area contributed by atoms with Gasteiger partial charge in [-0.05, 0) is 36.6 Å². The molecule has 0 atom stereocenters. The first-order valence-corrected chi connectivity index (χ1v) is 6.91. The molecule has 5 heteroatoms. The first-order valence-electron chi connectivity index (χ1n) is 6.91. The largest absolute Gasteiger partial charge is 0.497 e. The zero-order valence-corrected chi connectivity index (χ0v) is 12.6. The third-order valence-corrected chi connectivity index (χ3v) is 3.27. The number of carbonyl (C=O) groups is 2. The number of nitrogens with one attached hydrogen (secondary N) is 1. The lowest BCUT2D eigenvalue weighted by atomic mass is 10.0. The van der Waals surface area contributed by atoms with Crippen molar-refractivity contribution in [1.82, 2.24) is 5.32 Å². The Labute approximate surface area is 124 Å². The lowest BCUT2D eigenvalue weighted by Crippen LogP contribution is -2.32. The molecule has 0 unspecified atom stereocenters. The minimum atomic E-state index is -1.16. The number of methoxy groups -OCH3 is 1. The van der Waals surface area contributed by atoms with Crippen LogP contribution in [0, 0.1) is 5.92 Å². The van der Waals surface area contributed by atoms with Crippen LogP contribution in [0.2, 0.25) is 0 Å². The van der Waals surface area contributed by atoms with Gasteiger partial charge in [-0.15, -0.1) is 0 Å². The Hall–Kier alpha value is -2.30. The molecule has 21 heavy (non-hydrogen) atoms. The maximum atomic E-state index is 12.0. The van der Waals surface area contributed by atoms with Crippen LogP contribution in [-0.4, -0.2) is 24.1 Å². The van der Waals surface area contributed by atoms with E-state index in [0.29, 0.717) is 24.2 Å². The van der Waals surface area contributed by atoms with Gasteiger partial charge in [-0.1, -0.05) is 26.0 Å². The minimum Gasteiger partial charge on any atom is -0.497 e. The van der Waals surface area contributed by atoms with Gasteiger partial charge >= 0.3 is 5.97 Å². The number of carboxylic acid groups (broad SMARTS) is 1. The van der Waals surface area contributed by atoms with Gasteiger partial charge in [-0.25, -0.2) is 4.79 Å². The van der Waals surface area contributed by atoms with Gasteiger partial charge in [0, 0.05) is 5.92 Å². The number of amides is 1. The predicted molar refractivity (Wildman–Crippen MR) is 80.8 cm³/mol. The number of rotatable bonds is 7. The summed E-state index contributed by atoms with van der Waals surface area (Å²) < 4.78 is 5.04. The summed E-state index contributed by atoms with van der Waals surface area (Å²) in [6, 6.07) is 6.91. The molecule has 0 saturated carbocycles. The van der Waals surface area contributed by atoms with Crippen LogP contribution in [0.25, 0.3) is 6.08 Å².